The van der Waals surface area contributed by atoms with Gasteiger partial charge in [-0.15, -0.1) is 0 Å². The van der Waals surface area contributed by atoms with E-state index in [4.69, 9.17) is 0 Å². The Hall–Kier alpha value is -2.11. The van der Waals surface area contributed by atoms with Gasteiger partial charge in [-0.05, 0) is 37.0 Å². The van der Waals surface area contributed by atoms with Crippen molar-refractivity contribution in [3.63, 3.8) is 0 Å². The normalized spacial score (nSPS) is 21.3. The molecule has 6 heteroatoms. The summed E-state index contributed by atoms with van der Waals surface area (Å²) in [7, 11) is 0. The molecule has 1 unspecified atom stereocenters. The van der Waals surface area contributed by atoms with Crippen LogP contribution in [0.15, 0.2) is 18.5 Å². The number of urea groups is 1. The van der Waals surface area contributed by atoms with Crippen LogP contribution in [-0.4, -0.2) is 40.1 Å². The number of aryl methyl sites for hydroxylation is 1. The number of amides is 2. The molecule has 0 aromatic carbocycles. The lowest BCUT2D eigenvalue weighted by molar-refractivity contribution is -0.148. The first kappa shape index (κ1) is 15.3. The fourth-order valence-corrected chi connectivity index (χ4v) is 2.64. The molecule has 1 aliphatic heterocycles. The maximum absolute atomic E-state index is 12.2. The highest BCUT2D eigenvalue weighted by Crippen LogP contribution is 2.34. The molecule has 1 aliphatic rings. The third-order valence-electron chi connectivity index (χ3n) is 4.34. The summed E-state index contributed by atoms with van der Waals surface area (Å²) in [6.45, 7) is 4.99. The topological polar surface area (TPSA) is 82.5 Å². The molecule has 1 aromatic heterocycles. The van der Waals surface area contributed by atoms with Crippen LogP contribution >= 0.6 is 0 Å². The van der Waals surface area contributed by atoms with E-state index in [9.17, 15) is 14.7 Å². The van der Waals surface area contributed by atoms with E-state index >= 15 is 0 Å². The molecule has 114 valence electrons. The minimum Gasteiger partial charge on any atom is -0.481 e. The van der Waals surface area contributed by atoms with Gasteiger partial charge in [0.15, 0.2) is 0 Å². The number of carbonyl (C=O) groups excluding carboxylic acids is 1. The maximum Gasteiger partial charge on any atom is 0.317 e. The Morgan fingerprint density at radius 1 is 1.52 bits per heavy atom. The number of aliphatic carboxylic acids is 1. The van der Waals surface area contributed by atoms with E-state index in [0.29, 0.717) is 25.9 Å². The molecule has 2 heterocycles. The van der Waals surface area contributed by atoms with E-state index in [2.05, 4.69) is 10.3 Å². The Balaban J connectivity index is 1.94. The quantitative estimate of drug-likeness (QED) is 0.886. The summed E-state index contributed by atoms with van der Waals surface area (Å²) >= 11 is 0. The first-order valence-electron chi connectivity index (χ1n) is 7.14. The van der Waals surface area contributed by atoms with Gasteiger partial charge >= 0.3 is 12.0 Å². The van der Waals surface area contributed by atoms with Crippen molar-refractivity contribution >= 4 is 12.0 Å². The standard InChI is InChI=1S/C15H21N3O3/c1-3-15(13(19)20)5-7-18(10-15)14(21)17-9-12-4-6-16-8-11(12)2/h4,6,8H,3,5,7,9-10H2,1-2H3,(H,17,21)(H,19,20). The number of carboxylic acids is 1. The number of nitrogens with zero attached hydrogens (tertiary/aromatic N) is 2. The van der Waals surface area contributed by atoms with Crippen molar-refractivity contribution in [2.24, 2.45) is 5.41 Å². The number of carbonyl (C=O) groups is 2. The van der Waals surface area contributed by atoms with Crippen molar-refractivity contribution in [1.29, 1.82) is 0 Å². The second-order valence-electron chi connectivity index (χ2n) is 5.57. The van der Waals surface area contributed by atoms with Crippen molar-refractivity contribution in [2.75, 3.05) is 13.1 Å². The Kier molecular flexibility index (Phi) is 4.45. The fourth-order valence-electron chi connectivity index (χ4n) is 2.64. The summed E-state index contributed by atoms with van der Waals surface area (Å²) in [5.41, 5.74) is 1.24. The summed E-state index contributed by atoms with van der Waals surface area (Å²) in [5, 5.41) is 12.2. The van der Waals surface area contributed by atoms with Crippen LogP contribution in [0.1, 0.15) is 30.9 Å². The molecule has 1 saturated heterocycles. The molecule has 6 nitrogen and oxygen atoms in total. The Morgan fingerprint density at radius 2 is 2.29 bits per heavy atom. The molecule has 0 saturated carbocycles. The SMILES string of the molecule is CCC1(C(=O)O)CCN(C(=O)NCc2ccncc2C)C1. The first-order valence-corrected chi connectivity index (χ1v) is 7.14. The average Bonchev–Trinajstić information content (AvgIpc) is 2.92. The number of hydrogen-bond acceptors (Lipinski definition) is 3. The van der Waals surface area contributed by atoms with Crippen LogP contribution in [0.25, 0.3) is 0 Å². The van der Waals surface area contributed by atoms with E-state index in [1.54, 1.807) is 17.3 Å². The molecule has 2 rings (SSSR count). The molecular weight excluding hydrogens is 270 g/mol. The third kappa shape index (κ3) is 3.15. The van der Waals surface area contributed by atoms with Crippen LogP contribution in [0.4, 0.5) is 4.79 Å². The molecule has 21 heavy (non-hydrogen) atoms. The predicted molar refractivity (Wildman–Crippen MR) is 77.8 cm³/mol. The van der Waals surface area contributed by atoms with Crippen molar-refractivity contribution in [1.82, 2.24) is 15.2 Å². The highest BCUT2D eigenvalue weighted by molar-refractivity contribution is 5.79. The third-order valence-corrected chi connectivity index (χ3v) is 4.34. The number of carboxylic acid groups (broad SMARTS) is 1. The smallest absolute Gasteiger partial charge is 0.317 e. The summed E-state index contributed by atoms with van der Waals surface area (Å²) in [5.74, 6) is -0.815. The lowest BCUT2D eigenvalue weighted by Gasteiger charge is -2.23. The predicted octanol–water partition coefficient (Wildman–Crippen LogP) is 1.79. The maximum atomic E-state index is 12.2. The number of pyridine rings is 1. The summed E-state index contributed by atoms with van der Waals surface area (Å²) in [6.07, 6.45) is 4.50. The van der Waals surface area contributed by atoms with Crippen LogP contribution in [0, 0.1) is 12.3 Å². The van der Waals surface area contributed by atoms with Crippen LogP contribution in [0.3, 0.4) is 0 Å². The van der Waals surface area contributed by atoms with E-state index in [0.717, 1.165) is 11.1 Å². The number of aromatic nitrogens is 1. The minimum atomic E-state index is -0.815. The van der Waals surface area contributed by atoms with Crippen molar-refractivity contribution < 1.29 is 14.7 Å². The molecule has 0 spiro atoms. The van der Waals surface area contributed by atoms with Gasteiger partial charge in [0, 0.05) is 32.0 Å². The van der Waals surface area contributed by atoms with Gasteiger partial charge < -0.3 is 15.3 Å². The zero-order valence-corrected chi connectivity index (χ0v) is 12.4. The lowest BCUT2D eigenvalue weighted by Crippen LogP contribution is -2.41. The Labute approximate surface area is 124 Å². The number of likely N-dealkylation sites (tertiary alicyclic amines) is 1. The van der Waals surface area contributed by atoms with Gasteiger partial charge in [-0.1, -0.05) is 6.92 Å². The molecule has 0 bridgehead atoms. The molecule has 2 amide bonds. The largest absolute Gasteiger partial charge is 0.481 e. The van der Waals surface area contributed by atoms with Gasteiger partial charge in [-0.2, -0.15) is 0 Å². The van der Waals surface area contributed by atoms with Crippen molar-refractivity contribution in [3.05, 3.63) is 29.6 Å². The van der Waals surface area contributed by atoms with Crippen LogP contribution in [-0.2, 0) is 11.3 Å². The second-order valence-corrected chi connectivity index (χ2v) is 5.57. The van der Waals surface area contributed by atoms with E-state index in [1.807, 2.05) is 19.9 Å². The van der Waals surface area contributed by atoms with Crippen molar-refractivity contribution in [3.8, 4) is 0 Å². The fraction of sp³-hybridized carbons (Fsp3) is 0.533. The highest BCUT2D eigenvalue weighted by atomic mass is 16.4. The molecule has 1 aromatic rings. The van der Waals surface area contributed by atoms with Gasteiger partial charge in [0.1, 0.15) is 0 Å². The van der Waals surface area contributed by atoms with Gasteiger partial charge in [0.25, 0.3) is 0 Å². The monoisotopic (exact) mass is 291 g/mol. The molecule has 0 radical (unpaired) electrons. The minimum absolute atomic E-state index is 0.206. The first-order chi connectivity index (χ1) is 9.98. The zero-order chi connectivity index (χ0) is 15.5. The highest BCUT2D eigenvalue weighted by Gasteiger charge is 2.44. The van der Waals surface area contributed by atoms with Gasteiger partial charge in [-0.25, -0.2) is 4.79 Å². The average molecular weight is 291 g/mol. The van der Waals surface area contributed by atoms with Crippen molar-refractivity contribution in [2.45, 2.75) is 33.2 Å². The zero-order valence-electron chi connectivity index (χ0n) is 12.4. The summed E-state index contributed by atoms with van der Waals surface area (Å²) < 4.78 is 0. The molecule has 1 fully saturated rings. The number of nitrogens with one attached hydrogen (secondary N) is 1. The molecular formula is C15H21N3O3. The number of rotatable bonds is 4. The van der Waals surface area contributed by atoms with Gasteiger partial charge in [0.2, 0.25) is 0 Å². The molecule has 0 aliphatic carbocycles. The Bertz CT molecular complexity index is 547. The van der Waals surface area contributed by atoms with E-state index in [1.165, 1.54) is 0 Å². The van der Waals surface area contributed by atoms with Crippen LogP contribution in [0.5, 0.6) is 0 Å². The molecule has 2 N–H and O–H groups in total. The summed E-state index contributed by atoms with van der Waals surface area (Å²) in [6, 6.07) is 1.66. The Morgan fingerprint density at radius 3 is 2.86 bits per heavy atom. The second kappa shape index (κ2) is 6.11. The van der Waals surface area contributed by atoms with E-state index < -0.39 is 11.4 Å². The van der Waals surface area contributed by atoms with Gasteiger partial charge in [-0.3, -0.25) is 9.78 Å². The van der Waals surface area contributed by atoms with Gasteiger partial charge in [0.05, 0.1) is 5.41 Å². The lowest BCUT2D eigenvalue weighted by atomic mass is 9.84. The van der Waals surface area contributed by atoms with E-state index in [-0.39, 0.29) is 12.6 Å². The number of hydrogen-bond donors (Lipinski definition) is 2. The van der Waals surface area contributed by atoms with Crippen LogP contribution in [0.2, 0.25) is 0 Å². The van der Waals surface area contributed by atoms with Crippen LogP contribution < -0.4 is 5.32 Å². The molecule has 1 atom stereocenters. The summed E-state index contributed by atoms with van der Waals surface area (Å²) in [4.78, 5) is 29.1.